The molecule has 1 atom stereocenters. The molecule has 0 bridgehead atoms. The Bertz CT molecular complexity index is 1160. The average Bonchev–Trinajstić information content (AvgIpc) is 2.90. The second kappa shape index (κ2) is 11.7. The van der Waals surface area contributed by atoms with Crippen LogP contribution in [0, 0.1) is 6.92 Å². The number of carbonyl (C=O) groups is 2. The summed E-state index contributed by atoms with van der Waals surface area (Å²) in [4.78, 5) is 29.8. The van der Waals surface area contributed by atoms with E-state index in [9.17, 15) is 9.59 Å². The predicted octanol–water partition coefficient (Wildman–Crippen LogP) is 3.12. The molecule has 2 aliphatic rings. The largest absolute Gasteiger partial charge is 0.636 e. The van der Waals surface area contributed by atoms with Gasteiger partial charge in [0.25, 0.3) is 0 Å². The van der Waals surface area contributed by atoms with Gasteiger partial charge in [-0.2, -0.15) is 0 Å². The van der Waals surface area contributed by atoms with E-state index in [0.717, 1.165) is 35.6 Å². The van der Waals surface area contributed by atoms with Gasteiger partial charge in [0.05, 0.1) is 13.1 Å². The van der Waals surface area contributed by atoms with Gasteiger partial charge in [-0.15, -0.1) is 0 Å². The van der Waals surface area contributed by atoms with Crippen LogP contribution < -0.4 is 14.9 Å². The summed E-state index contributed by atoms with van der Waals surface area (Å²) in [5.74, 6) is 1.20. The molecule has 1 aromatic carbocycles. The first-order valence-electron chi connectivity index (χ1n) is 11.9. The molecule has 9 heteroatoms. The van der Waals surface area contributed by atoms with Gasteiger partial charge in [-0.05, 0) is 56.7 Å². The molecule has 0 spiro atoms. The minimum Gasteiger partial charge on any atom is -0.494 e. The highest BCUT2D eigenvalue weighted by atomic mass is 16.6. The molecular formula is C27H29BN2O6. The van der Waals surface area contributed by atoms with Gasteiger partial charge >= 0.3 is 19.1 Å². The van der Waals surface area contributed by atoms with E-state index in [1.807, 2.05) is 37.3 Å². The average molecular weight is 488 g/mol. The Labute approximate surface area is 211 Å². The summed E-state index contributed by atoms with van der Waals surface area (Å²) >= 11 is 0. The number of allylic oxidation sites excluding steroid dienone is 3. The highest BCUT2D eigenvalue weighted by Crippen LogP contribution is 2.25. The molecule has 0 amide bonds. The fourth-order valence-corrected chi connectivity index (χ4v) is 3.87. The highest BCUT2D eigenvalue weighted by molar-refractivity contribution is 6.64. The second-order valence-corrected chi connectivity index (χ2v) is 8.86. The lowest BCUT2D eigenvalue weighted by molar-refractivity contribution is -0.145. The van der Waals surface area contributed by atoms with Crippen molar-refractivity contribution in [1.29, 1.82) is 0 Å². The minimum atomic E-state index is -1.07. The molecule has 1 saturated heterocycles. The first-order valence-corrected chi connectivity index (χ1v) is 11.9. The van der Waals surface area contributed by atoms with Crippen molar-refractivity contribution in [2.45, 2.75) is 32.3 Å². The zero-order chi connectivity index (χ0) is 25.5. The topological polar surface area (TPSA) is 87.2 Å². The van der Waals surface area contributed by atoms with Gasteiger partial charge in [-0.1, -0.05) is 30.9 Å². The van der Waals surface area contributed by atoms with Crippen LogP contribution in [0.25, 0.3) is 0 Å². The molecule has 36 heavy (non-hydrogen) atoms. The van der Waals surface area contributed by atoms with Crippen LogP contribution in [-0.4, -0.2) is 55.2 Å². The molecule has 186 valence electrons. The van der Waals surface area contributed by atoms with Crippen LogP contribution in [0.4, 0.5) is 0 Å². The number of benzene rings is 1. The lowest BCUT2D eigenvalue weighted by Gasteiger charge is -2.23. The SMILES string of the molecule is C=C1CC[C@@H](Oc2ccc(B3OC(=O)CN(C)CC(=O)O3)cc2)C/C=C\C=C/1Oc1ccnc(C)c1. The van der Waals surface area contributed by atoms with Crippen molar-refractivity contribution in [2.75, 3.05) is 20.1 Å². The summed E-state index contributed by atoms with van der Waals surface area (Å²) in [6, 6.07) is 10.7. The van der Waals surface area contributed by atoms with E-state index in [4.69, 9.17) is 18.8 Å². The van der Waals surface area contributed by atoms with Gasteiger partial charge in [0.2, 0.25) is 0 Å². The number of ether oxygens (including phenoxy) is 2. The fraction of sp³-hybridized carbons (Fsp3) is 0.296. The standard InChI is InChI=1S/C27H29BN2O6/c1-19-8-11-22(6-4-5-7-25(19)34-24-14-15-29-20(2)16-24)33-23-12-9-21(10-13-23)28-35-26(31)17-30(3)18-27(32)36-28/h4-5,7,9-10,12-16,22H,1,6,8,11,17-18H2,2-3H3/b5-4-,25-7+/t22-/m0/s1. The molecule has 0 saturated carbocycles. The van der Waals surface area contributed by atoms with E-state index in [2.05, 4.69) is 11.6 Å². The third kappa shape index (κ3) is 7.08. The summed E-state index contributed by atoms with van der Waals surface area (Å²) < 4.78 is 22.9. The van der Waals surface area contributed by atoms with Gasteiger partial charge in [-0.25, -0.2) is 0 Å². The van der Waals surface area contributed by atoms with E-state index in [0.29, 0.717) is 17.6 Å². The molecule has 0 unspecified atom stereocenters. The van der Waals surface area contributed by atoms with Gasteiger partial charge in [0, 0.05) is 29.8 Å². The molecular weight excluding hydrogens is 459 g/mol. The normalized spacial score (nSPS) is 21.9. The van der Waals surface area contributed by atoms with Crippen molar-refractivity contribution in [3.63, 3.8) is 0 Å². The minimum absolute atomic E-state index is 0.0249. The van der Waals surface area contributed by atoms with Crippen molar-refractivity contribution in [1.82, 2.24) is 9.88 Å². The van der Waals surface area contributed by atoms with E-state index in [1.165, 1.54) is 0 Å². The number of rotatable bonds is 5. The number of nitrogens with zero attached hydrogens (tertiary/aromatic N) is 2. The van der Waals surface area contributed by atoms with Crippen LogP contribution >= 0.6 is 0 Å². The smallest absolute Gasteiger partial charge is 0.494 e. The maximum absolute atomic E-state index is 12.0. The van der Waals surface area contributed by atoms with E-state index >= 15 is 0 Å². The summed E-state index contributed by atoms with van der Waals surface area (Å²) in [6.45, 7) is 6.18. The predicted molar refractivity (Wildman–Crippen MR) is 136 cm³/mol. The molecule has 0 radical (unpaired) electrons. The first kappa shape index (κ1) is 25.3. The Balaban J connectivity index is 1.35. The number of pyridine rings is 1. The molecule has 0 N–H and O–H groups in total. The van der Waals surface area contributed by atoms with Gasteiger partial charge < -0.3 is 18.8 Å². The molecule has 2 heterocycles. The number of likely N-dealkylation sites (N-methyl/N-ethyl adjacent to an activating group) is 1. The van der Waals surface area contributed by atoms with Crippen LogP contribution in [0.3, 0.4) is 0 Å². The maximum atomic E-state index is 12.0. The first-order chi connectivity index (χ1) is 17.4. The Morgan fingerprint density at radius 1 is 1.08 bits per heavy atom. The Morgan fingerprint density at radius 2 is 1.81 bits per heavy atom. The molecule has 1 aromatic heterocycles. The summed E-state index contributed by atoms with van der Waals surface area (Å²) in [6.07, 6.45) is 9.76. The van der Waals surface area contributed by atoms with Gasteiger partial charge in [0.1, 0.15) is 23.4 Å². The Kier molecular flexibility index (Phi) is 8.22. The maximum Gasteiger partial charge on any atom is 0.636 e. The third-order valence-corrected chi connectivity index (χ3v) is 5.73. The van der Waals surface area contributed by atoms with Crippen LogP contribution in [0.2, 0.25) is 0 Å². The number of aryl methyl sites for hydroxylation is 1. The Hall–Kier alpha value is -3.85. The number of carbonyl (C=O) groups excluding carboxylic acids is 2. The van der Waals surface area contributed by atoms with Gasteiger partial charge in [-0.3, -0.25) is 19.5 Å². The monoisotopic (exact) mass is 488 g/mol. The van der Waals surface area contributed by atoms with Crippen molar-refractivity contribution in [2.24, 2.45) is 0 Å². The molecule has 1 aliphatic carbocycles. The third-order valence-electron chi connectivity index (χ3n) is 5.73. The van der Waals surface area contributed by atoms with Crippen LogP contribution in [0.1, 0.15) is 25.0 Å². The summed E-state index contributed by atoms with van der Waals surface area (Å²) in [5.41, 5.74) is 2.34. The molecule has 8 nitrogen and oxygen atoms in total. The van der Waals surface area contributed by atoms with E-state index in [1.54, 1.807) is 42.4 Å². The van der Waals surface area contributed by atoms with Crippen molar-refractivity contribution < 1.29 is 28.4 Å². The Morgan fingerprint density at radius 3 is 2.50 bits per heavy atom. The van der Waals surface area contributed by atoms with Crippen molar-refractivity contribution >= 4 is 24.5 Å². The lowest BCUT2D eigenvalue weighted by Crippen LogP contribution is -2.47. The molecule has 1 fully saturated rings. The van der Waals surface area contributed by atoms with Crippen molar-refractivity contribution in [3.8, 4) is 11.5 Å². The second-order valence-electron chi connectivity index (χ2n) is 8.86. The van der Waals surface area contributed by atoms with Crippen LogP contribution in [-0.2, 0) is 18.9 Å². The zero-order valence-electron chi connectivity index (χ0n) is 20.5. The fourth-order valence-electron chi connectivity index (χ4n) is 3.87. The lowest BCUT2D eigenvalue weighted by atomic mass is 9.78. The van der Waals surface area contributed by atoms with E-state index < -0.39 is 19.1 Å². The number of hydrogen-bond donors (Lipinski definition) is 0. The zero-order valence-corrected chi connectivity index (χ0v) is 20.5. The highest BCUT2D eigenvalue weighted by Gasteiger charge is 2.33. The summed E-state index contributed by atoms with van der Waals surface area (Å²) in [7, 11) is 0.584. The quantitative estimate of drug-likeness (QED) is 0.594. The molecule has 1 aliphatic heterocycles. The van der Waals surface area contributed by atoms with Crippen LogP contribution in [0.5, 0.6) is 11.5 Å². The van der Waals surface area contributed by atoms with E-state index in [-0.39, 0.29) is 19.2 Å². The van der Waals surface area contributed by atoms with Crippen molar-refractivity contribution in [3.05, 3.63) is 84.4 Å². The number of hydrogen-bond acceptors (Lipinski definition) is 8. The molecule has 4 rings (SSSR count). The number of aromatic nitrogens is 1. The molecule has 2 aromatic rings. The van der Waals surface area contributed by atoms with Gasteiger partial charge in [0.15, 0.2) is 0 Å². The van der Waals surface area contributed by atoms with Crippen LogP contribution in [0.15, 0.2) is 78.7 Å². The summed E-state index contributed by atoms with van der Waals surface area (Å²) in [5, 5.41) is 0.